The quantitative estimate of drug-likeness (QED) is 0.715. The van der Waals surface area contributed by atoms with Crippen molar-refractivity contribution in [3.8, 4) is 0 Å². The van der Waals surface area contributed by atoms with Gasteiger partial charge in [0.2, 0.25) is 5.91 Å². The third-order valence-corrected chi connectivity index (χ3v) is 4.58. The smallest absolute Gasteiger partial charge is 0.233 e. The summed E-state index contributed by atoms with van der Waals surface area (Å²) in [5.41, 5.74) is 2.78. The number of aryl methyl sites for hydroxylation is 1. The highest BCUT2D eigenvalue weighted by Crippen LogP contribution is 2.40. The third-order valence-electron chi connectivity index (χ3n) is 4.58. The summed E-state index contributed by atoms with van der Waals surface area (Å²) in [5.74, 6) is 0.0648. The van der Waals surface area contributed by atoms with Gasteiger partial charge in [0.1, 0.15) is 0 Å². The Balaban J connectivity index is 0.00000264. The standard InChI is InChI=1S/C18H28N2O2.ClH/c1-15-6-5-7-16(12-15)18(8-3-4-9-18)14-20-17(21)13-19-10-11-22-2;/h5-7,12,19H,3-4,8-11,13-14H2,1-2H3,(H,20,21);1H. The second kappa shape index (κ2) is 9.91. The number of carbonyl (C=O) groups is 1. The number of methoxy groups -OCH3 is 1. The van der Waals surface area contributed by atoms with Gasteiger partial charge in [-0.2, -0.15) is 0 Å². The van der Waals surface area contributed by atoms with Crippen LogP contribution in [0, 0.1) is 6.92 Å². The Morgan fingerprint density at radius 1 is 1.30 bits per heavy atom. The van der Waals surface area contributed by atoms with Crippen molar-refractivity contribution >= 4 is 18.3 Å². The molecule has 0 atom stereocenters. The molecule has 0 unspecified atom stereocenters. The van der Waals surface area contributed by atoms with Crippen molar-refractivity contribution in [2.24, 2.45) is 0 Å². The van der Waals surface area contributed by atoms with Gasteiger partial charge in [-0.3, -0.25) is 4.79 Å². The SMILES string of the molecule is COCCNCC(=O)NCC1(c2cccc(C)c2)CCCC1.Cl. The van der Waals surface area contributed by atoms with Gasteiger partial charge in [0, 0.05) is 25.6 Å². The van der Waals surface area contributed by atoms with Crippen molar-refractivity contribution in [1.82, 2.24) is 10.6 Å². The Kier molecular flexibility index (Phi) is 8.59. The molecule has 0 aliphatic heterocycles. The molecule has 2 rings (SSSR count). The number of ether oxygens (including phenoxy) is 1. The third kappa shape index (κ3) is 5.79. The van der Waals surface area contributed by atoms with E-state index in [-0.39, 0.29) is 23.7 Å². The summed E-state index contributed by atoms with van der Waals surface area (Å²) in [6.07, 6.45) is 4.81. The minimum Gasteiger partial charge on any atom is -0.383 e. The molecule has 23 heavy (non-hydrogen) atoms. The number of hydrogen-bond donors (Lipinski definition) is 2. The summed E-state index contributed by atoms with van der Waals surface area (Å²) in [6.45, 7) is 4.55. The number of rotatable bonds is 8. The molecule has 1 saturated carbocycles. The Labute approximate surface area is 145 Å². The van der Waals surface area contributed by atoms with E-state index in [2.05, 4.69) is 41.8 Å². The van der Waals surface area contributed by atoms with Crippen LogP contribution < -0.4 is 10.6 Å². The summed E-state index contributed by atoms with van der Waals surface area (Å²) >= 11 is 0. The van der Waals surface area contributed by atoms with Gasteiger partial charge in [-0.05, 0) is 25.3 Å². The lowest BCUT2D eigenvalue weighted by Crippen LogP contribution is -2.42. The van der Waals surface area contributed by atoms with Crippen LogP contribution in [-0.2, 0) is 14.9 Å². The molecule has 130 valence electrons. The fraction of sp³-hybridized carbons (Fsp3) is 0.611. The summed E-state index contributed by atoms with van der Waals surface area (Å²) in [6, 6.07) is 8.74. The van der Waals surface area contributed by atoms with E-state index in [0.29, 0.717) is 19.7 Å². The highest BCUT2D eigenvalue weighted by molar-refractivity contribution is 5.85. The number of nitrogens with one attached hydrogen (secondary N) is 2. The van der Waals surface area contributed by atoms with Gasteiger partial charge in [-0.25, -0.2) is 0 Å². The van der Waals surface area contributed by atoms with Crippen LogP contribution in [0.25, 0.3) is 0 Å². The van der Waals surface area contributed by atoms with Crippen LogP contribution in [0.15, 0.2) is 24.3 Å². The van der Waals surface area contributed by atoms with E-state index in [0.717, 1.165) is 19.4 Å². The van der Waals surface area contributed by atoms with Gasteiger partial charge in [0.05, 0.1) is 13.2 Å². The Hall–Kier alpha value is -1.10. The van der Waals surface area contributed by atoms with E-state index < -0.39 is 0 Å². The highest BCUT2D eigenvalue weighted by atomic mass is 35.5. The molecule has 2 N–H and O–H groups in total. The van der Waals surface area contributed by atoms with Gasteiger partial charge >= 0.3 is 0 Å². The monoisotopic (exact) mass is 340 g/mol. The molecular weight excluding hydrogens is 312 g/mol. The normalized spacial score (nSPS) is 15.9. The van der Waals surface area contributed by atoms with Crippen molar-refractivity contribution in [2.75, 3.05) is 33.4 Å². The zero-order valence-corrected chi connectivity index (χ0v) is 15.0. The largest absolute Gasteiger partial charge is 0.383 e. The Bertz CT molecular complexity index is 488. The van der Waals surface area contributed by atoms with E-state index in [4.69, 9.17) is 4.74 Å². The number of carbonyl (C=O) groups excluding carboxylic acids is 1. The van der Waals surface area contributed by atoms with Crippen LogP contribution in [0.2, 0.25) is 0 Å². The number of hydrogen-bond acceptors (Lipinski definition) is 3. The molecule has 0 radical (unpaired) electrons. The lowest BCUT2D eigenvalue weighted by molar-refractivity contribution is -0.120. The molecule has 0 bridgehead atoms. The fourth-order valence-electron chi connectivity index (χ4n) is 3.30. The molecule has 1 amide bonds. The first-order valence-corrected chi connectivity index (χ1v) is 8.20. The van der Waals surface area contributed by atoms with E-state index in [9.17, 15) is 4.79 Å². The van der Waals surface area contributed by atoms with Gasteiger partial charge in [-0.15, -0.1) is 12.4 Å². The molecule has 0 aromatic heterocycles. The van der Waals surface area contributed by atoms with E-state index in [1.165, 1.54) is 24.0 Å². The van der Waals surface area contributed by atoms with Gasteiger partial charge in [-0.1, -0.05) is 42.7 Å². The fourth-order valence-corrected chi connectivity index (χ4v) is 3.30. The maximum absolute atomic E-state index is 12.0. The van der Waals surface area contributed by atoms with Crippen LogP contribution in [0.4, 0.5) is 0 Å². The average molecular weight is 341 g/mol. The minimum absolute atomic E-state index is 0. The van der Waals surface area contributed by atoms with E-state index in [1.807, 2.05) is 0 Å². The summed E-state index contributed by atoms with van der Waals surface area (Å²) in [7, 11) is 1.66. The molecule has 0 heterocycles. The van der Waals surface area contributed by atoms with Crippen LogP contribution >= 0.6 is 12.4 Å². The number of halogens is 1. The van der Waals surface area contributed by atoms with Crippen molar-refractivity contribution < 1.29 is 9.53 Å². The first kappa shape index (κ1) is 19.9. The van der Waals surface area contributed by atoms with Crippen molar-refractivity contribution in [2.45, 2.75) is 38.0 Å². The molecule has 1 aromatic rings. The Morgan fingerprint density at radius 3 is 2.70 bits per heavy atom. The van der Waals surface area contributed by atoms with Crippen LogP contribution in [0.3, 0.4) is 0 Å². The molecule has 1 aliphatic rings. The predicted octanol–water partition coefficient (Wildman–Crippen LogP) is 2.58. The highest BCUT2D eigenvalue weighted by Gasteiger charge is 2.35. The molecule has 0 spiro atoms. The first-order valence-electron chi connectivity index (χ1n) is 8.20. The Morgan fingerprint density at radius 2 is 2.04 bits per heavy atom. The lowest BCUT2D eigenvalue weighted by Gasteiger charge is -2.30. The minimum atomic E-state index is 0. The van der Waals surface area contributed by atoms with Crippen molar-refractivity contribution in [1.29, 1.82) is 0 Å². The van der Waals surface area contributed by atoms with Crippen molar-refractivity contribution in [3.63, 3.8) is 0 Å². The van der Waals surface area contributed by atoms with E-state index >= 15 is 0 Å². The molecule has 5 heteroatoms. The van der Waals surface area contributed by atoms with Gasteiger partial charge in [0.15, 0.2) is 0 Å². The molecular formula is C18H29ClN2O2. The molecule has 0 saturated heterocycles. The number of benzene rings is 1. The second-order valence-corrected chi connectivity index (χ2v) is 6.30. The summed E-state index contributed by atoms with van der Waals surface area (Å²) in [5, 5.41) is 6.20. The lowest BCUT2D eigenvalue weighted by atomic mass is 9.78. The predicted molar refractivity (Wildman–Crippen MR) is 96.3 cm³/mol. The summed E-state index contributed by atoms with van der Waals surface area (Å²) in [4.78, 5) is 12.0. The zero-order chi connectivity index (χ0) is 15.8. The molecule has 1 aromatic carbocycles. The maximum Gasteiger partial charge on any atom is 0.233 e. The maximum atomic E-state index is 12.0. The zero-order valence-electron chi connectivity index (χ0n) is 14.2. The average Bonchev–Trinajstić information content (AvgIpc) is 3.00. The van der Waals surface area contributed by atoms with Crippen LogP contribution in [0.5, 0.6) is 0 Å². The van der Waals surface area contributed by atoms with E-state index in [1.54, 1.807) is 7.11 Å². The second-order valence-electron chi connectivity index (χ2n) is 6.30. The van der Waals surface area contributed by atoms with Gasteiger partial charge in [0.25, 0.3) is 0 Å². The van der Waals surface area contributed by atoms with Crippen molar-refractivity contribution in [3.05, 3.63) is 35.4 Å². The topological polar surface area (TPSA) is 50.4 Å². The molecule has 1 aliphatic carbocycles. The molecule has 4 nitrogen and oxygen atoms in total. The van der Waals surface area contributed by atoms with Crippen LogP contribution in [0.1, 0.15) is 36.8 Å². The summed E-state index contributed by atoms with van der Waals surface area (Å²) < 4.78 is 4.96. The number of amides is 1. The van der Waals surface area contributed by atoms with Crippen LogP contribution in [-0.4, -0.2) is 39.3 Å². The first-order chi connectivity index (χ1) is 10.7. The van der Waals surface area contributed by atoms with Gasteiger partial charge < -0.3 is 15.4 Å². The molecule has 1 fully saturated rings.